The van der Waals surface area contributed by atoms with Gasteiger partial charge >= 0.3 is 6.72 Å². The van der Waals surface area contributed by atoms with Gasteiger partial charge in [-0.1, -0.05) is 0 Å². The number of imidazole rings is 1. The third-order valence-corrected chi connectivity index (χ3v) is 5.80. The maximum absolute atomic E-state index is 14.7. The van der Waals surface area contributed by atoms with Gasteiger partial charge < -0.3 is 24.4 Å². The van der Waals surface area contributed by atoms with E-state index in [4.69, 9.17) is 31.3 Å². The Morgan fingerprint density at radius 1 is 1.46 bits per heavy atom. The van der Waals surface area contributed by atoms with Crippen molar-refractivity contribution < 1.29 is 31.8 Å². The Kier molecular flexibility index (Phi) is 5.95. The van der Waals surface area contributed by atoms with Gasteiger partial charge in [-0.05, 0) is 25.7 Å². The summed E-state index contributed by atoms with van der Waals surface area (Å²) in [6.07, 6.45) is -5.22. The van der Waals surface area contributed by atoms with Crippen molar-refractivity contribution in [2.45, 2.75) is 50.8 Å². The van der Waals surface area contributed by atoms with E-state index in [1.165, 1.54) is 10.9 Å². The SMILES string of the molecule is CC(C)OP(O)(=S)OC[C@]1(C(F)F)C[C@H](F)[C@H](n2cnc3c(N)ncnc32)O1. The van der Waals surface area contributed by atoms with Crippen molar-refractivity contribution >= 4 is 35.5 Å². The van der Waals surface area contributed by atoms with Gasteiger partial charge in [0.25, 0.3) is 6.43 Å². The Morgan fingerprint density at radius 2 is 2.18 bits per heavy atom. The van der Waals surface area contributed by atoms with Crippen molar-refractivity contribution in [3.63, 3.8) is 0 Å². The van der Waals surface area contributed by atoms with Gasteiger partial charge in [-0.15, -0.1) is 0 Å². The lowest BCUT2D eigenvalue weighted by molar-refractivity contribution is -0.167. The predicted molar refractivity (Wildman–Crippen MR) is 96.8 cm³/mol. The maximum atomic E-state index is 14.7. The van der Waals surface area contributed by atoms with E-state index in [-0.39, 0.29) is 17.0 Å². The molecule has 0 radical (unpaired) electrons. The van der Waals surface area contributed by atoms with Gasteiger partial charge in [0.1, 0.15) is 18.0 Å². The largest absolute Gasteiger partial charge is 0.382 e. The van der Waals surface area contributed by atoms with E-state index in [9.17, 15) is 18.1 Å². The third kappa shape index (κ3) is 4.14. The molecule has 3 heterocycles. The zero-order valence-corrected chi connectivity index (χ0v) is 16.6. The lowest BCUT2D eigenvalue weighted by atomic mass is 10.0. The van der Waals surface area contributed by atoms with Crippen LogP contribution < -0.4 is 5.73 Å². The quantitative estimate of drug-likeness (QED) is 0.624. The highest BCUT2D eigenvalue weighted by molar-refractivity contribution is 8.07. The van der Waals surface area contributed by atoms with Crippen LogP contribution in [0.5, 0.6) is 0 Å². The molecule has 9 nitrogen and oxygen atoms in total. The van der Waals surface area contributed by atoms with E-state index in [2.05, 4.69) is 15.0 Å². The molecule has 1 fully saturated rings. The average Bonchev–Trinajstić information content (AvgIpc) is 3.14. The minimum absolute atomic E-state index is 0.0624. The van der Waals surface area contributed by atoms with Gasteiger partial charge in [-0.3, -0.25) is 4.57 Å². The molecular weight excluding hydrogens is 422 g/mol. The van der Waals surface area contributed by atoms with Crippen LogP contribution in [0.1, 0.15) is 26.5 Å². The summed E-state index contributed by atoms with van der Waals surface area (Å²) < 4.78 is 59.0. The van der Waals surface area contributed by atoms with Crippen LogP contribution in [0, 0.1) is 0 Å². The Bertz CT molecular complexity index is 903. The molecule has 156 valence electrons. The number of nitrogens with two attached hydrogens (primary N) is 1. The Morgan fingerprint density at radius 3 is 2.82 bits per heavy atom. The summed E-state index contributed by atoms with van der Waals surface area (Å²) >= 11 is 4.79. The van der Waals surface area contributed by atoms with E-state index >= 15 is 0 Å². The van der Waals surface area contributed by atoms with Crippen molar-refractivity contribution in [3.8, 4) is 0 Å². The van der Waals surface area contributed by atoms with Crippen LogP contribution in [0.25, 0.3) is 11.2 Å². The Labute approximate surface area is 163 Å². The molecule has 1 aliphatic rings. The predicted octanol–water partition coefficient (Wildman–Crippen LogP) is 2.33. The highest BCUT2D eigenvalue weighted by Gasteiger charge is 2.55. The van der Waals surface area contributed by atoms with Crippen molar-refractivity contribution in [3.05, 3.63) is 12.7 Å². The number of aromatic nitrogens is 4. The van der Waals surface area contributed by atoms with Crippen LogP contribution in [-0.4, -0.2) is 55.3 Å². The molecule has 0 saturated carbocycles. The van der Waals surface area contributed by atoms with E-state index in [1.807, 2.05) is 0 Å². The maximum Gasteiger partial charge on any atom is 0.324 e. The van der Waals surface area contributed by atoms with Gasteiger partial charge in [0, 0.05) is 6.42 Å². The molecule has 0 spiro atoms. The summed E-state index contributed by atoms with van der Waals surface area (Å²) in [5, 5.41) is 0. The first-order chi connectivity index (χ1) is 13.0. The van der Waals surface area contributed by atoms with E-state index < -0.39 is 50.3 Å². The Hall–Kier alpha value is -1.37. The molecule has 2 aromatic heterocycles. The number of halogens is 3. The standard InChI is InChI=1S/C14H19F3N5O4PS/c1-7(2)26-27(23,28)24-4-14(13(16)17)3-8(15)12(25-14)22-6-21-9-10(18)19-5-20-11(9)22/h5-8,12-13H,3-4H2,1-2H3,(H,23,28)(H2,18,19,20)/t8-,12+,14-,27?/m0/s1. The van der Waals surface area contributed by atoms with E-state index in [1.54, 1.807) is 13.8 Å². The topological polar surface area (TPSA) is 118 Å². The fraction of sp³-hybridized carbons (Fsp3) is 0.643. The fourth-order valence-electron chi connectivity index (χ4n) is 2.86. The van der Waals surface area contributed by atoms with Crippen LogP contribution in [-0.2, 0) is 25.6 Å². The average molecular weight is 441 g/mol. The molecule has 1 saturated heterocycles. The van der Waals surface area contributed by atoms with Crippen LogP contribution in [0.15, 0.2) is 12.7 Å². The molecule has 0 aliphatic carbocycles. The molecular formula is C14H19F3N5O4PS. The number of nitrogens with zero attached hydrogens (tertiary/aromatic N) is 4. The highest BCUT2D eigenvalue weighted by Crippen LogP contribution is 2.49. The molecule has 28 heavy (non-hydrogen) atoms. The van der Waals surface area contributed by atoms with Crippen LogP contribution in [0.3, 0.4) is 0 Å². The second kappa shape index (κ2) is 7.81. The molecule has 2 aromatic rings. The van der Waals surface area contributed by atoms with Crippen molar-refractivity contribution in [1.29, 1.82) is 0 Å². The molecule has 0 aromatic carbocycles. The zero-order chi connectivity index (χ0) is 20.7. The molecule has 0 amide bonds. The normalized spacial score (nSPS) is 27.7. The smallest absolute Gasteiger partial charge is 0.324 e. The van der Waals surface area contributed by atoms with Crippen molar-refractivity contribution in [1.82, 2.24) is 19.5 Å². The summed E-state index contributed by atoms with van der Waals surface area (Å²) in [7, 11) is 0. The van der Waals surface area contributed by atoms with E-state index in [0.29, 0.717) is 0 Å². The lowest BCUT2D eigenvalue weighted by Crippen LogP contribution is -2.42. The molecule has 4 atom stereocenters. The summed E-state index contributed by atoms with van der Waals surface area (Å²) in [5.41, 5.74) is 3.70. The second-order valence-electron chi connectivity index (χ2n) is 6.57. The number of hydrogen-bond donors (Lipinski definition) is 2. The number of fused-ring (bicyclic) bond motifs is 1. The highest BCUT2D eigenvalue weighted by atomic mass is 32.5. The molecule has 3 rings (SSSR count). The van der Waals surface area contributed by atoms with E-state index in [0.717, 1.165) is 6.33 Å². The first-order valence-corrected chi connectivity index (χ1v) is 10.8. The van der Waals surface area contributed by atoms with Crippen molar-refractivity contribution in [2.24, 2.45) is 0 Å². The number of rotatable bonds is 7. The first kappa shape index (κ1) is 21.3. The lowest BCUT2D eigenvalue weighted by Gasteiger charge is -2.30. The fourth-order valence-corrected chi connectivity index (χ4v) is 4.51. The van der Waals surface area contributed by atoms with Crippen molar-refractivity contribution in [2.75, 3.05) is 12.3 Å². The monoisotopic (exact) mass is 441 g/mol. The van der Waals surface area contributed by atoms with Gasteiger partial charge in [0.15, 0.2) is 23.3 Å². The molecule has 3 N–H and O–H groups in total. The summed E-state index contributed by atoms with van der Waals surface area (Å²) in [6.45, 7) is -1.43. The number of alkyl halides is 3. The minimum Gasteiger partial charge on any atom is -0.382 e. The van der Waals surface area contributed by atoms with Gasteiger partial charge in [-0.2, -0.15) is 0 Å². The molecule has 1 unspecified atom stereocenters. The molecule has 14 heteroatoms. The number of hydrogen-bond acceptors (Lipinski definition) is 8. The van der Waals surface area contributed by atoms with Gasteiger partial charge in [0.2, 0.25) is 0 Å². The second-order valence-corrected chi connectivity index (χ2v) is 9.36. The minimum atomic E-state index is -3.79. The molecule has 0 bridgehead atoms. The summed E-state index contributed by atoms with van der Waals surface area (Å²) in [5.74, 6) is 0.0624. The van der Waals surface area contributed by atoms with Gasteiger partial charge in [-0.25, -0.2) is 28.1 Å². The molecule has 1 aliphatic heterocycles. The third-order valence-electron chi connectivity index (χ3n) is 4.08. The Balaban J connectivity index is 1.85. The van der Waals surface area contributed by atoms with Crippen LogP contribution in [0.4, 0.5) is 19.0 Å². The first-order valence-electron chi connectivity index (χ1n) is 8.23. The zero-order valence-electron chi connectivity index (χ0n) is 14.9. The van der Waals surface area contributed by atoms with Gasteiger partial charge in [0.05, 0.1) is 19.0 Å². The number of ether oxygens (including phenoxy) is 1. The van der Waals surface area contributed by atoms with Crippen LogP contribution in [0.2, 0.25) is 0 Å². The number of nitrogen functional groups attached to an aromatic ring is 1. The summed E-state index contributed by atoms with van der Waals surface area (Å²) in [4.78, 5) is 21.7. The van der Waals surface area contributed by atoms with Crippen LogP contribution >= 0.6 is 6.72 Å². The number of anilines is 1. The summed E-state index contributed by atoms with van der Waals surface area (Å²) in [6, 6.07) is 0.